The van der Waals surface area contributed by atoms with Crippen LogP contribution in [0, 0.1) is 5.82 Å². The highest BCUT2D eigenvalue weighted by molar-refractivity contribution is 7.90. The maximum Gasteiger partial charge on any atom is 0.154 e. The number of hydrogen-bond acceptors (Lipinski definition) is 4. The molecule has 1 aromatic rings. The van der Waals surface area contributed by atoms with Crippen molar-refractivity contribution < 1.29 is 23.5 Å². The Morgan fingerprint density at radius 2 is 1.82 bits per heavy atom. The Labute approximate surface area is 132 Å². The van der Waals surface area contributed by atoms with E-state index in [2.05, 4.69) is 4.72 Å². The minimum Gasteiger partial charge on any atom is -0.598 e. The molecule has 1 rings (SSSR count). The summed E-state index contributed by atoms with van der Waals surface area (Å²) in [5.74, 6) is -0.684. The van der Waals surface area contributed by atoms with Crippen molar-refractivity contribution in [2.75, 3.05) is 6.61 Å². The summed E-state index contributed by atoms with van der Waals surface area (Å²) >= 11 is -1.70. The fraction of sp³-hybridized carbons (Fsp3) is 0.600. The van der Waals surface area contributed by atoms with Crippen LogP contribution in [0.3, 0.4) is 0 Å². The van der Waals surface area contributed by atoms with Gasteiger partial charge in [-0.25, -0.2) is 8.78 Å². The SMILES string of the molecule is CC(C)(C)[S+]([O-])N[C@](C)(c1ccccc1F)[C@@H](F)[C@@H](O)CO. The fourth-order valence-corrected chi connectivity index (χ4v) is 2.88. The topological polar surface area (TPSA) is 75.5 Å². The van der Waals surface area contributed by atoms with Crippen LogP contribution >= 0.6 is 0 Å². The predicted molar refractivity (Wildman–Crippen MR) is 82.8 cm³/mol. The van der Waals surface area contributed by atoms with Gasteiger partial charge in [-0.2, -0.15) is 0 Å². The number of rotatable bonds is 6. The quantitative estimate of drug-likeness (QED) is 0.693. The molecule has 0 fully saturated rings. The van der Waals surface area contributed by atoms with Gasteiger partial charge in [-0.3, -0.25) is 0 Å². The van der Waals surface area contributed by atoms with E-state index in [1.807, 2.05) is 0 Å². The molecule has 126 valence electrons. The maximum atomic E-state index is 14.7. The second kappa shape index (κ2) is 7.23. The number of aliphatic hydroxyl groups excluding tert-OH is 2. The van der Waals surface area contributed by atoms with Crippen molar-refractivity contribution in [1.29, 1.82) is 0 Å². The second-order valence-electron chi connectivity index (χ2n) is 6.32. The first-order valence-corrected chi connectivity index (χ1v) is 8.06. The molecule has 3 N–H and O–H groups in total. The van der Waals surface area contributed by atoms with E-state index < -0.39 is 46.3 Å². The van der Waals surface area contributed by atoms with Crippen molar-refractivity contribution in [3.63, 3.8) is 0 Å². The van der Waals surface area contributed by atoms with Gasteiger partial charge in [-0.1, -0.05) is 18.2 Å². The molecular weight excluding hydrogens is 312 g/mol. The van der Waals surface area contributed by atoms with Crippen molar-refractivity contribution >= 4 is 11.4 Å². The Balaban J connectivity index is 3.30. The molecule has 0 bridgehead atoms. The van der Waals surface area contributed by atoms with Gasteiger partial charge in [0.2, 0.25) is 0 Å². The minimum absolute atomic E-state index is 0.0624. The van der Waals surface area contributed by atoms with Crippen molar-refractivity contribution in [3.05, 3.63) is 35.6 Å². The highest BCUT2D eigenvalue weighted by Gasteiger charge is 2.47. The number of nitrogens with one attached hydrogen (secondary N) is 1. The number of alkyl halides is 1. The van der Waals surface area contributed by atoms with E-state index in [0.717, 1.165) is 6.07 Å². The Morgan fingerprint density at radius 1 is 1.27 bits per heavy atom. The maximum absolute atomic E-state index is 14.7. The van der Waals surface area contributed by atoms with Crippen LogP contribution in [0.15, 0.2) is 24.3 Å². The van der Waals surface area contributed by atoms with Gasteiger partial charge in [-0.05, 0) is 33.8 Å². The molecule has 0 spiro atoms. The lowest BCUT2D eigenvalue weighted by atomic mass is 9.85. The Hall–Kier alpha value is -0.730. The molecule has 7 heteroatoms. The average molecular weight is 335 g/mol. The lowest BCUT2D eigenvalue weighted by Crippen LogP contribution is -2.58. The molecular formula is C15H23F2NO3S. The van der Waals surface area contributed by atoms with Gasteiger partial charge < -0.3 is 14.8 Å². The highest BCUT2D eigenvalue weighted by Crippen LogP contribution is 2.33. The molecule has 4 nitrogen and oxygen atoms in total. The van der Waals surface area contributed by atoms with Crippen LogP contribution in [-0.2, 0) is 16.9 Å². The molecule has 0 aliphatic rings. The van der Waals surface area contributed by atoms with Crippen LogP contribution in [0.2, 0.25) is 0 Å². The fourth-order valence-electron chi connectivity index (χ4n) is 1.97. The summed E-state index contributed by atoms with van der Waals surface area (Å²) in [6.07, 6.45) is -3.78. The molecule has 0 aromatic heterocycles. The normalized spacial score (nSPS) is 19.3. The van der Waals surface area contributed by atoms with Gasteiger partial charge >= 0.3 is 0 Å². The van der Waals surface area contributed by atoms with Crippen molar-refractivity contribution in [1.82, 2.24) is 4.72 Å². The van der Waals surface area contributed by atoms with Crippen LogP contribution in [0.5, 0.6) is 0 Å². The molecule has 0 amide bonds. The van der Waals surface area contributed by atoms with E-state index in [-0.39, 0.29) is 5.56 Å². The second-order valence-corrected chi connectivity index (χ2v) is 8.28. The number of hydrogen-bond donors (Lipinski definition) is 3. The zero-order valence-electron chi connectivity index (χ0n) is 13.1. The van der Waals surface area contributed by atoms with E-state index in [0.29, 0.717) is 0 Å². The summed E-state index contributed by atoms with van der Waals surface area (Å²) < 4.78 is 43.0. The molecule has 0 saturated carbocycles. The molecule has 1 aromatic carbocycles. The first-order valence-electron chi connectivity index (χ1n) is 6.91. The van der Waals surface area contributed by atoms with Crippen molar-refractivity contribution in [2.24, 2.45) is 0 Å². The lowest BCUT2D eigenvalue weighted by molar-refractivity contribution is -0.00919. The lowest BCUT2D eigenvalue weighted by Gasteiger charge is -2.38. The molecule has 0 heterocycles. The summed E-state index contributed by atoms with van der Waals surface area (Å²) in [5, 5.41) is 18.6. The number of benzene rings is 1. The van der Waals surface area contributed by atoms with Crippen LogP contribution in [0.1, 0.15) is 33.3 Å². The first-order chi connectivity index (χ1) is 10.0. The van der Waals surface area contributed by atoms with Gasteiger partial charge in [0.05, 0.1) is 6.61 Å². The van der Waals surface area contributed by atoms with Crippen LogP contribution < -0.4 is 4.72 Å². The third-order valence-corrected chi connectivity index (χ3v) is 5.09. The van der Waals surface area contributed by atoms with E-state index >= 15 is 0 Å². The first kappa shape index (κ1) is 19.3. The average Bonchev–Trinajstić information content (AvgIpc) is 2.44. The molecule has 0 radical (unpaired) electrons. The zero-order chi connectivity index (χ0) is 17.1. The molecule has 0 aliphatic heterocycles. The molecule has 0 saturated heterocycles. The highest BCUT2D eigenvalue weighted by atomic mass is 32.2. The van der Waals surface area contributed by atoms with Gasteiger partial charge in [0, 0.05) is 16.9 Å². The van der Waals surface area contributed by atoms with E-state index in [1.165, 1.54) is 25.1 Å². The summed E-state index contributed by atoms with van der Waals surface area (Å²) in [7, 11) is 0. The minimum atomic E-state index is -2.05. The molecule has 0 aliphatic carbocycles. The van der Waals surface area contributed by atoms with Crippen LogP contribution in [-0.4, -0.2) is 38.4 Å². The summed E-state index contributed by atoms with van der Waals surface area (Å²) in [6.45, 7) is 5.56. The third kappa shape index (κ3) is 4.17. The standard InChI is InChI=1S/C15H23F2NO3S/c1-14(2,3)22(21)18-15(4,13(17)12(20)9-19)10-7-5-6-8-11(10)16/h5-8,12-13,18-20H,9H2,1-4H3/t12-,13-,15+,22?/m0/s1. The van der Waals surface area contributed by atoms with Gasteiger partial charge in [-0.15, -0.1) is 4.72 Å². The largest absolute Gasteiger partial charge is 0.598 e. The van der Waals surface area contributed by atoms with Gasteiger partial charge in [0.15, 0.2) is 6.17 Å². The summed E-state index contributed by atoms with van der Waals surface area (Å²) in [6, 6.07) is 5.50. The van der Waals surface area contributed by atoms with Crippen LogP contribution in [0.25, 0.3) is 0 Å². The Kier molecular flexibility index (Phi) is 6.35. The van der Waals surface area contributed by atoms with Crippen molar-refractivity contribution in [3.8, 4) is 0 Å². The summed E-state index contributed by atoms with van der Waals surface area (Å²) in [5.41, 5.74) is -1.82. The molecule has 4 atom stereocenters. The van der Waals surface area contributed by atoms with Gasteiger partial charge in [0.25, 0.3) is 0 Å². The predicted octanol–water partition coefficient (Wildman–Crippen LogP) is 1.78. The number of halogens is 2. The monoisotopic (exact) mass is 335 g/mol. The van der Waals surface area contributed by atoms with Gasteiger partial charge in [0.1, 0.15) is 22.2 Å². The summed E-state index contributed by atoms with van der Waals surface area (Å²) in [4.78, 5) is 0. The third-order valence-electron chi connectivity index (χ3n) is 3.37. The van der Waals surface area contributed by atoms with Crippen molar-refractivity contribution in [2.45, 2.75) is 50.3 Å². The molecule has 1 unspecified atom stereocenters. The number of aliphatic hydroxyl groups is 2. The smallest absolute Gasteiger partial charge is 0.154 e. The van der Waals surface area contributed by atoms with E-state index in [4.69, 9.17) is 5.11 Å². The zero-order valence-corrected chi connectivity index (χ0v) is 14.0. The van der Waals surface area contributed by atoms with Crippen LogP contribution in [0.4, 0.5) is 8.78 Å². The van der Waals surface area contributed by atoms with E-state index in [9.17, 15) is 18.4 Å². The Morgan fingerprint density at radius 3 is 2.27 bits per heavy atom. The Bertz CT molecular complexity index is 498. The molecule has 22 heavy (non-hydrogen) atoms. The van der Waals surface area contributed by atoms with E-state index in [1.54, 1.807) is 20.8 Å².